The minimum absolute atomic E-state index is 0.317. The summed E-state index contributed by atoms with van der Waals surface area (Å²) in [5.41, 5.74) is 8.11. The topological polar surface area (TPSA) is 48.1 Å². The van der Waals surface area contributed by atoms with E-state index in [1.807, 2.05) is 24.3 Å². The third kappa shape index (κ3) is 1.92. The minimum Gasteiger partial charge on any atom is -0.381 e. The van der Waals surface area contributed by atoms with E-state index in [1.54, 1.807) is 0 Å². The number of aromatic nitrogens is 1. The molecule has 3 nitrogen and oxygen atoms in total. The second-order valence-corrected chi connectivity index (χ2v) is 4.66. The first-order valence-corrected chi connectivity index (χ1v) is 6.01. The van der Waals surface area contributed by atoms with Gasteiger partial charge in [-0.2, -0.15) is 0 Å². The highest BCUT2D eigenvalue weighted by Crippen LogP contribution is 2.29. The molecule has 2 heterocycles. The molecular formula is C14H16N2O. The lowest BCUT2D eigenvalue weighted by Crippen LogP contribution is -2.42. The number of hydrogen-bond acceptors (Lipinski definition) is 3. The summed E-state index contributed by atoms with van der Waals surface area (Å²) < 4.78 is 5.37. The van der Waals surface area contributed by atoms with Gasteiger partial charge < -0.3 is 10.5 Å². The molecule has 88 valence electrons. The van der Waals surface area contributed by atoms with E-state index in [2.05, 4.69) is 12.1 Å². The van der Waals surface area contributed by atoms with Crippen molar-refractivity contribution in [3.63, 3.8) is 0 Å². The molecule has 1 aromatic heterocycles. The van der Waals surface area contributed by atoms with Gasteiger partial charge in [-0.05, 0) is 25.0 Å². The molecule has 0 bridgehead atoms. The number of nitrogens with two attached hydrogens (primary N) is 1. The molecule has 1 aromatic carbocycles. The molecule has 3 heteroatoms. The molecule has 1 saturated heterocycles. The van der Waals surface area contributed by atoms with Crippen LogP contribution in [0.5, 0.6) is 0 Å². The van der Waals surface area contributed by atoms with Gasteiger partial charge in [-0.1, -0.05) is 24.3 Å². The van der Waals surface area contributed by atoms with Crippen LogP contribution in [-0.4, -0.2) is 18.2 Å². The standard InChI is InChI=1S/C14H16N2O/c15-14(7-9-17-10-8-14)13-6-5-11-3-1-2-4-12(11)16-13/h1-6H,7-10,15H2. The Morgan fingerprint density at radius 1 is 1.06 bits per heavy atom. The van der Waals surface area contributed by atoms with Gasteiger partial charge in [-0.3, -0.25) is 4.98 Å². The number of benzene rings is 1. The van der Waals surface area contributed by atoms with Crippen LogP contribution in [0.1, 0.15) is 18.5 Å². The van der Waals surface area contributed by atoms with Crippen LogP contribution < -0.4 is 5.73 Å². The van der Waals surface area contributed by atoms with Gasteiger partial charge in [-0.15, -0.1) is 0 Å². The summed E-state index contributed by atoms with van der Waals surface area (Å²) in [5.74, 6) is 0. The molecule has 1 fully saturated rings. The van der Waals surface area contributed by atoms with Crippen LogP contribution in [0.4, 0.5) is 0 Å². The van der Waals surface area contributed by atoms with Crippen LogP contribution in [0.25, 0.3) is 10.9 Å². The molecular weight excluding hydrogens is 212 g/mol. The highest BCUT2D eigenvalue weighted by Gasteiger charge is 2.31. The van der Waals surface area contributed by atoms with Crippen molar-refractivity contribution in [2.24, 2.45) is 5.73 Å². The highest BCUT2D eigenvalue weighted by atomic mass is 16.5. The summed E-state index contributed by atoms with van der Waals surface area (Å²) in [6.45, 7) is 1.45. The zero-order chi connectivity index (χ0) is 11.7. The fourth-order valence-corrected chi connectivity index (χ4v) is 2.34. The van der Waals surface area contributed by atoms with E-state index < -0.39 is 0 Å². The van der Waals surface area contributed by atoms with Gasteiger partial charge in [-0.25, -0.2) is 0 Å². The number of para-hydroxylation sites is 1. The highest BCUT2D eigenvalue weighted by molar-refractivity contribution is 5.78. The van der Waals surface area contributed by atoms with E-state index in [0.717, 1.165) is 42.7 Å². The van der Waals surface area contributed by atoms with Crippen LogP contribution >= 0.6 is 0 Å². The molecule has 0 aliphatic carbocycles. The maximum absolute atomic E-state index is 6.43. The molecule has 0 saturated carbocycles. The molecule has 1 aliphatic heterocycles. The number of fused-ring (bicyclic) bond motifs is 1. The molecule has 2 aromatic rings. The minimum atomic E-state index is -0.317. The third-order valence-corrected chi connectivity index (χ3v) is 3.49. The number of rotatable bonds is 1. The fourth-order valence-electron chi connectivity index (χ4n) is 2.34. The maximum atomic E-state index is 6.43. The summed E-state index contributed by atoms with van der Waals surface area (Å²) >= 11 is 0. The molecule has 1 aliphatic rings. The van der Waals surface area contributed by atoms with Crippen molar-refractivity contribution < 1.29 is 4.74 Å². The third-order valence-electron chi connectivity index (χ3n) is 3.49. The van der Waals surface area contributed by atoms with Crippen LogP contribution in [0, 0.1) is 0 Å². The van der Waals surface area contributed by atoms with Gasteiger partial charge in [0.15, 0.2) is 0 Å². The first kappa shape index (κ1) is 10.7. The Kier molecular flexibility index (Phi) is 2.57. The lowest BCUT2D eigenvalue weighted by molar-refractivity contribution is 0.0509. The average molecular weight is 228 g/mol. The maximum Gasteiger partial charge on any atom is 0.0706 e. The molecule has 0 spiro atoms. The van der Waals surface area contributed by atoms with Gasteiger partial charge >= 0.3 is 0 Å². The molecule has 2 N–H and O–H groups in total. The van der Waals surface area contributed by atoms with E-state index in [-0.39, 0.29) is 5.54 Å². The Morgan fingerprint density at radius 2 is 1.82 bits per heavy atom. The van der Waals surface area contributed by atoms with Crippen molar-refractivity contribution in [1.82, 2.24) is 4.98 Å². The molecule has 17 heavy (non-hydrogen) atoms. The van der Waals surface area contributed by atoms with Crippen molar-refractivity contribution in [2.45, 2.75) is 18.4 Å². The van der Waals surface area contributed by atoms with E-state index in [9.17, 15) is 0 Å². The smallest absolute Gasteiger partial charge is 0.0706 e. The monoisotopic (exact) mass is 228 g/mol. The second-order valence-electron chi connectivity index (χ2n) is 4.66. The van der Waals surface area contributed by atoms with Gasteiger partial charge in [0.05, 0.1) is 16.7 Å². The first-order valence-electron chi connectivity index (χ1n) is 6.01. The molecule has 0 unspecified atom stereocenters. The first-order chi connectivity index (χ1) is 8.28. The predicted molar refractivity (Wildman–Crippen MR) is 67.7 cm³/mol. The van der Waals surface area contributed by atoms with Crippen LogP contribution in [-0.2, 0) is 10.3 Å². The fraction of sp³-hybridized carbons (Fsp3) is 0.357. The summed E-state index contributed by atoms with van der Waals surface area (Å²) in [5, 5.41) is 1.16. The number of ether oxygens (including phenoxy) is 1. The Labute approximate surface area is 101 Å². The quantitative estimate of drug-likeness (QED) is 0.814. The van der Waals surface area contributed by atoms with Gasteiger partial charge in [0.25, 0.3) is 0 Å². The normalized spacial score (nSPS) is 19.4. The summed E-state index contributed by atoms with van der Waals surface area (Å²) in [4.78, 5) is 4.69. The number of pyridine rings is 1. The Bertz CT molecular complexity index is 532. The Morgan fingerprint density at radius 3 is 2.65 bits per heavy atom. The largest absolute Gasteiger partial charge is 0.381 e. The average Bonchev–Trinajstić information content (AvgIpc) is 2.39. The van der Waals surface area contributed by atoms with Crippen LogP contribution in [0.2, 0.25) is 0 Å². The SMILES string of the molecule is NC1(c2ccc3ccccc3n2)CCOCC1. The predicted octanol–water partition coefficient (Wildman–Crippen LogP) is 2.20. The molecule has 0 radical (unpaired) electrons. The van der Waals surface area contributed by atoms with E-state index >= 15 is 0 Å². The summed E-state index contributed by atoms with van der Waals surface area (Å²) in [7, 11) is 0. The van der Waals surface area contributed by atoms with E-state index in [1.165, 1.54) is 0 Å². The Hall–Kier alpha value is -1.45. The molecule has 3 rings (SSSR count). The van der Waals surface area contributed by atoms with Crippen molar-refractivity contribution in [2.75, 3.05) is 13.2 Å². The molecule has 0 amide bonds. The zero-order valence-electron chi connectivity index (χ0n) is 9.73. The van der Waals surface area contributed by atoms with E-state index in [4.69, 9.17) is 15.5 Å². The van der Waals surface area contributed by atoms with Gasteiger partial charge in [0, 0.05) is 18.6 Å². The lowest BCUT2D eigenvalue weighted by atomic mass is 9.87. The number of hydrogen-bond donors (Lipinski definition) is 1. The van der Waals surface area contributed by atoms with Crippen molar-refractivity contribution >= 4 is 10.9 Å². The van der Waals surface area contributed by atoms with Gasteiger partial charge in [0.2, 0.25) is 0 Å². The molecule has 0 atom stereocenters. The number of nitrogens with zero attached hydrogens (tertiary/aromatic N) is 1. The van der Waals surface area contributed by atoms with Crippen molar-refractivity contribution in [3.05, 3.63) is 42.1 Å². The van der Waals surface area contributed by atoms with Crippen molar-refractivity contribution in [3.8, 4) is 0 Å². The lowest BCUT2D eigenvalue weighted by Gasteiger charge is -2.32. The Balaban J connectivity index is 2.05. The van der Waals surface area contributed by atoms with Gasteiger partial charge in [0.1, 0.15) is 0 Å². The zero-order valence-corrected chi connectivity index (χ0v) is 9.73. The summed E-state index contributed by atoms with van der Waals surface area (Å²) in [6, 6.07) is 12.3. The van der Waals surface area contributed by atoms with E-state index in [0.29, 0.717) is 0 Å². The summed E-state index contributed by atoms with van der Waals surface area (Å²) in [6.07, 6.45) is 1.69. The van der Waals surface area contributed by atoms with Crippen LogP contribution in [0.3, 0.4) is 0 Å². The van der Waals surface area contributed by atoms with Crippen molar-refractivity contribution in [1.29, 1.82) is 0 Å². The second kappa shape index (κ2) is 4.09. The van der Waals surface area contributed by atoms with Crippen LogP contribution in [0.15, 0.2) is 36.4 Å².